The van der Waals surface area contributed by atoms with Crippen LogP contribution in [0.25, 0.3) is 10.9 Å². The van der Waals surface area contributed by atoms with Crippen LogP contribution >= 0.6 is 0 Å². The Kier molecular flexibility index (Phi) is 15.9. The molecule has 3 saturated heterocycles. The molecule has 6 amide bonds. The van der Waals surface area contributed by atoms with Crippen LogP contribution in [-0.2, 0) is 39.9 Å². The van der Waals surface area contributed by atoms with Crippen LogP contribution in [0.15, 0.2) is 60.7 Å². The molecule has 5 N–H and O–H groups in total. The van der Waals surface area contributed by atoms with E-state index in [-0.39, 0.29) is 54.9 Å². The van der Waals surface area contributed by atoms with Crippen molar-refractivity contribution in [1.29, 1.82) is 0 Å². The Balaban J connectivity index is 0.642. The predicted molar refractivity (Wildman–Crippen MR) is 246 cm³/mol. The molecule has 4 aliphatic heterocycles. The van der Waals surface area contributed by atoms with Gasteiger partial charge < -0.3 is 49.5 Å². The van der Waals surface area contributed by atoms with Gasteiger partial charge >= 0.3 is 0 Å². The molecule has 1 unspecified atom stereocenters. The molecule has 0 bridgehead atoms. The molecule has 368 valence electrons. The number of hydrogen-bond donors (Lipinski definition) is 5. The fourth-order valence-corrected chi connectivity index (χ4v) is 8.91. The Hall–Kier alpha value is -6.36. The molecule has 1 aromatic heterocycles. The largest absolute Gasteiger partial charge is 0.382 e. The summed E-state index contributed by atoms with van der Waals surface area (Å²) >= 11 is 0. The number of H-pyrrole nitrogens is 1. The van der Waals surface area contributed by atoms with Gasteiger partial charge in [-0.1, -0.05) is 6.07 Å². The fraction of sp³-hybridized carbons (Fsp3) is 0.458. The van der Waals surface area contributed by atoms with Crippen LogP contribution in [0.2, 0.25) is 0 Å². The minimum atomic E-state index is -1.68. The van der Waals surface area contributed by atoms with Gasteiger partial charge in [-0.3, -0.25) is 43.9 Å². The number of amides is 6. The lowest BCUT2D eigenvalue weighted by atomic mass is 10.0. The summed E-state index contributed by atoms with van der Waals surface area (Å²) in [5.74, 6) is -4.42. The van der Waals surface area contributed by atoms with Gasteiger partial charge in [0.2, 0.25) is 11.8 Å². The number of aromatic nitrogens is 1. The topological polar surface area (TPSA) is 224 Å². The van der Waals surface area contributed by atoms with Gasteiger partial charge in [-0.05, 0) is 60.5 Å². The predicted octanol–water partition coefficient (Wildman–Crippen LogP) is 2.04. The number of β-amino-alcohol motifs (C(OH)–C–C–N with tert-alkyl or cyclic N) is 1. The first-order chi connectivity index (χ1) is 33.4. The monoisotopic (exact) mass is 958 g/mol. The van der Waals surface area contributed by atoms with Gasteiger partial charge in [-0.25, -0.2) is 8.78 Å². The average molecular weight is 959 g/mol. The van der Waals surface area contributed by atoms with E-state index >= 15 is 0 Å². The van der Waals surface area contributed by atoms with E-state index in [0.29, 0.717) is 104 Å². The summed E-state index contributed by atoms with van der Waals surface area (Å²) < 4.78 is 49.7. The minimum Gasteiger partial charge on any atom is -0.382 e. The number of benzene rings is 3. The van der Waals surface area contributed by atoms with Crippen LogP contribution in [-0.4, -0.2) is 177 Å². The van der Waals surface area contributed by atoms with E-state index in [9.17, 15) is 42.7 Å². The van der Waals surface area contributed by atoms with Gasteiger partial charge in [-0.15, -0.1) is 0 Å². The van der Waals surface area contributed by atoms with Crippen LogP contribution in [0.1, 0.15) is 56.0 Å². The SMILES string of the molecule is O=C1CCC(N2C(=O)c3cccc(NCCOCCOCCOCCOCCN4CCN(C(=O)c5cc6cc(N7CC[C@](O)(C(=O)NCc8cc(F)cc(F)c8)C7)ccc6[nH]5)CC4)c3C2=O)C(=O)N1. The van der Waals surface area contributed by atoms with Gasteiger partial charge in [0.1, 0.15) is 23.4 Å². The molecule has 19 nitrogen and oxygen atoms in total. The van der Waals surface area contributed by atoms with E-state index < -0.39 is 52.8 Å². The summed E-state index contributed by atoms with van der Waals surface area (Å²) in [6, 6.07) is 14.3. The first kappa shape index (κ1) is 49.1. The zero-order valence-corrected chi connectivity index (χ0v) is 38.1. The molecule has 3 fully saturated rings. The highest BCUT2D eigenvalue weighted by molar-refractivity contribution is 6.25. The Labute approximate surface area is 396 Å². The molecule has 0 aliphatic carbocycles. The number of hydrogen-bond acceptors (Lipinski definition) is 14. The third-order valence-electron chi connectivity index (χ3n) is 12.6. The molecule has 4 aromatic rings. The van der Waals surface area contributed by atoms with Gasteiger partial charge in [0.15, 0.2) is 5.60 Å². The maximum Gasteiger partial charge on any atom is 0.270 e. The zero-order valence-electron chi connectivity index (χ0n) is 38.1. The number of anilines is 2. The van der Waals surface area contributed by atoms with E-state index in [1.54, 1.807) is 18.2 Å². The summed E-state index contributed by atoms with van der Waals surface area (Å²) in [6.45, 7) is 7.18. The maximum atomic E-state index is 13.6. The number of rotatable bonds is 22. The average Bonchev–Trinajstić information content (AvgIpc) is 4.03. The van der Waals surface area contributed by atoms with Crippen molar-refractivity contribution in [2.24, 2.45) is 0 Å². The highest BCUT2D eigenvalue weighted by Gasteiger charge is 2.46. The number of halogens is 2. The van der Waals surface area contributed by atoms with Crippen LogP contribution in [0, 0.1) is 11.6 Å². The van der Waals surface area contributed by atoms with Crippen molar-refractivity contribution in [3.05, 3.63) is 94.7 Å². The Morgan fingerprint density at radius 1 is 0.797 bits per heavy atom. The lowest BCUT2D eigenvalue weighted by Gasteiger charge is -2.34. The number of carbonyl (C=O) groups excluding carboxylic acids is 6. The van der Waals surface area contributed by atoms with Gasteiger partial charge in [0, 0.05) is 93.5 Å². The van der Waals surface area contributed by atoms with E-state index in [4.69, 9.17) is 18.9 Å². The molecule has 0 spiro atoms. The molecule has 3 aromatic carbocycles. The normalized spacial score (nSPS) is 19.7. The number of nitrogens with zero attached hydrogens (tertiary/aromatic N) is 4. The van der Waals surface area contributed by atoms with Crippen molar-refractivity contribution < 1.29 is 61.6 Å². The highest BCUT2D eigenvalue weighted by atomic mass is 19.1. The van der Waals surface area contributed by atoms with E-state index in [0.717, 1.165) is 46.2 Å². The van der Waals surface area contributed by atoms with Crippen molar-refractivity contribution >= 4 is 57.7 Å². The lowest BCUT2D eigenvalue weighted by molar-refractivity contribution is -0.138. The van der Waals surface area contributed by atoms with Gasteiger partial charge in [0.05, 0.1) is 70.5 Å². The zero-order chi connectivity index (χ0) is 48.5. The number of aliphatic hydroxyl groups is 1. The van der Waals surface area contributed by atoms with Crippen LogP contribution in [0.4, 0.5) is 20.2 Å². The summed E-state index contributed by atoms with van der Waals surface area (Å²) in [6.07, 6.45) is 0.314. The quantitative estimate of drug-likeness (QED) is 0.0562. The molecule has 8 rings (SSSR count). The second kappa shape index (κ2) is 22.4. The number of piperazine rings is 1. The summed E-state index contributed by atoms with van der Waals surface area (Å²) in [5, 5.41) is 19.9. The fourth-order valence-electron chi connectivity index (χ4n) is 8.91. The molecule has 4 aliphatic rings. The molecule has 2 atom stereocenters. The Morgan fingerprint density at radius 2 is 1.49 bits per heavy atom. The van der Waals surface area contributed by atoms with Gasteiger partial charge in [-0.2, -0.15) is 0 Å². The number of ether oxygens (including phenoxy) is 4. The van der Waals surface area contributed by atoms with Crippen molar-refractivity contribution in [3.8, 4) is 0 Å². The third kappa shape index (κ3) is 11.9. The number of fused-ring (bicyclic) bond motifs is 2. The van der Waals surface area contributed by atoms with E-state index in [1.165, 1.54) is 0 Å². The molecule has 69 heavy (non-hydrogen) atoms. The van der Waals surface area contributed by atoms with Crippen molar-refractivity contribution in [3.63, 3.8) is 0 Å². The first-order valence-corrected chi connectivity index (χ1v) is 23.1. The van der Waals surface area contributed by atoms with Crippen LogP contribution < -0.4 is 20.9 Å². The van der Waals surface area contributed by atoms with E-state index in [2.05, 4.69) is 25.8 Å². The molecule has 0 radical (unpaired) electrons. The van der Waals surface area contributed by atoms with Crippen LogP contribution in [0.3, 0.4) is 0 Å². The number of piperidine rings is 1. The lowest BCUT2D eigenvalue weighted by Crippen LogP contribution is -2.54. The number of carbonyl (C=O) groups is 6. The van der Waals surface area contributed by atoms with Crippen molar-refractivity contribution in [2.75, 3.05) is 115 Å². The van der Waals surface area contributed by atoms with Crippen molar-refractivity contribution in [2.45, 2.75) is 37.5 Å². The Bertz CT molecular complexity index is 2530. The second-order valence-corrected chi connectivity index (χ2v) is 17.3. The minimum absolute atomic E-state index is 0.0370. The van der Waals surface area contributed by atoms with Crippen LogP contribution in [0.5, 0.6) is 0 Å². The maximum absolute atomic E-state index is 13.6. The molecule has 5 heterocycles. The molecular weight excluding hydrogens is 903 g/mol. The summed E-state index contributed by atoms with van der Waals surface area (Å²) in [4.78, 5) is 86.7. The van der Waals surface area contributed by atoms with E-state index in [1.807, 2.05) is 34.1 Å². The number of nitrogens with one attached hydrogen (secondary N) is 4. The second-order valence-electron chi connectivity index (χ2n) is 17.3. The third-order valence-corrected chi connectivity index (χ3v) is 12.6. The molecule has 0 saturated carbocycles. The number of aromatic amines is 1. The molecular formula is C48H56F2N8O11. The smallest absolute Gasteiger partial charge is 0.270 e. The van der Waals surface area contributed by atoms with Gasteiger partial charge in [0.25, 0.3) is 23.6 Å². The summed E-state index contributed by atoms with van der Waals surface area (Å²) in [5.41, 5.74) is 1.48. The Morgan fingerprint density at radius 3 is 2.20 bits per heavy atom. The standard InChI is InChI=1S/C48H56F2N8O11/c49-33-24-31(25-34(50)28-33)29-52-47(64)48(65)8-10-57(30-48)35-4-5-37-32(26-35)27-39(53-37)45(62)56-13-11-55(12-14-56)15-17-67-19-21-69-23-22-68-20-18-66-16-9-51-38-3-1-2-36-42(38)46(63)58(44(36)61)40-6-7-41(59)54-43(40)60/h1-5,24-28,40,51,53,65H,6-23,29-30H2,(H,52,64)(H,54,59,60)/t40?,48-/m1/s1. The molecule has 21 heteroatoms. The summed E-state index contributed by atoms with van der Waals surface area (Å²) in [7, 11) is 0. The highest BCUT2D eigenvalue weighted by Crippen LogP contribution is 2.33. The van der Waals surface area contributed by atoms with Crippen molar-refractivity contribution in [1.82, 2.24) is 30.3 Å². The first-order valence-electron chi connectivity index (χ1n) is 23.1. The number of imide groups is 2.